The van der Waals surface area contributed by atoms with Gasteiger partial charge in [-0.1, -0.05) is 24.3 Å². The SMILES string of the molecule is OC1C=C(c2ccccn2)NC(c2ccccc2C(F)(F)F)=N1. The van der Waals surface area contributed by atoms with Crippen LogP contribution in [0.3, 0.4) is 0 Å². The van der Waals surface area contributed by atoms with Gasteiger partial charge in [0.2, 0.25) is 0 Å². The average Bonchev–Trinajstić information content (AvgIpc) is 2.54. The van der Waals surface area contributed by atoms with E-state index >= 15 is 0 Å². The van der Waals surface area contributed by atoms with Crippen LogP contribution in [-0.2, 0) is 6.18 Å². The summed E-state index contributed by atoms with van der Waals surface area (Å²) in [4.78, 5) is 7.98. The van der Waals surface area contributed by atoms with Gasteiger partial charge in [-0.3, -0.25) is 4.98 Å². The number of pyridine rings is 1. The van der Waals surface area contributed by atoms with Gasteiger partial charge in [-0.25, -0.2) is 4.99 Å². The summed E-state index contributed by atoms with van der Waals surface area (Å²) in [5.74, 6) is -0.0476. The van der Waals surface area contributed by atoms with Crippen molar-refractivity contribution in [2.24, 2.45) is 4.99 Å². The van der Waals surface area contributed by atoms with Crippen molar-refractivity contribution >= 4 is 11.5 Å². The molecule has 2 N–H and O–H groups in total. The molecule has 0 aliphatic carbocycles. The number of aliphatic hydroxyl groups excluding tert-OH is 1. The Bertz CT molecular complexity index is 770. The van der Waals surface area contributed by atoms with E-state index in [0.717, 1.165) is 6.07 Å². The Hall–Kier alpha value is -2.67. The van der Waals surface area contributed by atoms with E-state index < -0.39 is 18.0 Å². The molecular formula is C16H12F3N3O. The van der Waals surface area contributed by atoms with Crippen LogP contribution in [-0.4, -0.2) is 22.2 Å². The fraction of sp³-hybridized carbons (Fsp3) is 0.125. The predicted molar refractivity (Wildman–Crippen MR) is 79.3 cm³/mol. The van der Waals surface area contributed by atoms with E-state index in [1.807, 2.05) is 0 Å². The number of hydrogen-bond acceptors (Lipinski definition) is 4. The molecule has 0 fully saturated rings. The second-order valence-corrected chi connectivity index (χ2v) is 4.85. The van der Waals surface area contributed by atoms with Gasteiger partial charge in [0.1, 0.15) is 5.84 Å². The lowest BCUT2D eigenvalue weighted by molar-refractivity contribution is -0.137. The van der Waals surface area contributed by atoms with Gasteiger partial charge in [-0.15, -0.1) is 0 Å². The van der Waals surface area contributed by atoms with E-state index in [1.54, 1.807) is 24.4 Å². The fourth-order valence-corrected chi connectivity index (χ4v) is 2.27. The number of aromatic nitrogens is 1. The van der Waals surface area contributed by atoms with E-state index in [2.05, 4.69) is 15.3 Å². The first-order chi connectivity index (χ1) is 10.9. The van der Waals surface area contributed by atoms with E-state index in [9.17, 15) is 18.3 Å². The molecule has 3 rings (SSSR count). The molecule has 0 bridgehead atoms. The number of aliphatic hydroxyl groups is 1. The molecular weight excluding hydrogens is 307 g/mol. The number of halogens is 3. The maximum atomic E-state index is 13.1. The molecule has 0 radical (unpaired) electrons. The summed E-state index contributed by atoms with van der Waals surface area (Å²) in [5.41, 5.74) is -0.0372. The number of aliphatic imine (C=N–C) groups is 1. The van der Waals surface area contributed by atoms with Crippen LogP contribution in [0, 0.1) is 0 Å². The highest BCUT2D eigenvalue weighted by atomic mass is 19.4. The van der Waals surface area contributed by atoms with Crippen molar-refractivity contribution in [3.05, 3.63) is 71.6 Å². The van der Waals surface area contributed by atoms with Gasteiger partial charge < -0.3 is 10.4 Å². The van der Waals surface area contributed by atoms with E-state index in [-0.39, 0.29) is 11.4 Å². The molecule has 1 aliphatic rings. The highest BCUT2D eigenvalue weighted by Crippen LogP contribution is 2.32. The Morgan fingerprint density at radius 2 is 1.78 bits per heavy atom. The molecule has 0 saturated carbocycles. The molecule has 1 aromatic carbocycles. The summed E-state index contributed by atoms with van der Waals surface area (Å²) in [6.07, 6.45) is -2.82. The predicted octanol–water partition coefficient (Wildman–Crippen LogP) is 2.81. The first-order valence-corrected chi connectivity index (χ1v) is 6.78. The molecule has 1 unspecified atom stereocenters. The summed E-state index contributed by atoms with van der Waals surface area (Å²) >= 11 is 0. The van der Waals surface area contributed by atoms with Gasteiger partial charge in [0.05, 0.1) is 17.0 Å². The van der Waals surface area contributed by atoms with Crippen LogP contribution in [0.2, 0.25) is 0 Å². The molecule has 0 amide bonds. The monoisotopic (exact) mass is 319 g/mol. The Labute approximate surface area is 130 Å². The first kappa shape index (κ1) is 15.2. The third kappa shape index (κ3) is 3.24. The lowest BCUT2D eigenvalue weighted by atomic mass is 10.0. The summed E-state index contributed by atoms with van der Waals surface area (Å²) in [7, 11) is 0. The van der Waals surface area contributed by atoms with Crippen molar-refractivity contribution in [1.29, 1.82) is 0 Å². The zero-order valence-corrected chi connectivity index (χ0v) is 11.7. The molecule has 2 aromatic rings. The Morgan fingerprint density at radius 3 is 2.48 bits per heavy atom. The van der Waals surface area contributed by atoms with E-state index in [0.29, 0.717) is 11.4 Å². The minimum atomic E-state index is -4.52. The molecule has 1 atom stereocenters. The number of nitrogens with one attached hydrogen (secondary N) is 1. The minimum absolute atomic E-state index is 0.0476. The van der Waals surface area contributed by atoms with Crippen LogP contribution in [0.25, 0.3) is 5.70 Å². The third-order valence-electron chi connectivity index (χ3n) is 3.26. The molecule has 118 valence electrons. The second-order valence-electron chi connectivity index (χ2n) is 4.85. The second kappa shape index (κ2) is 5.85. The number of rotatable bonds is 2. The lowest BCUT2D eigenvalue weighted by Gasteiger charge is -2.22. The summed E-state index contributed by atoms with van der Waals surface area (Å²) in [6.45, 7) is 0. The molecule has 7 heteroatoms. The molecule has 23 heavy (non-hydrogen) atoms. The first-order valence-electron chi connectivity index (χ1n) is 6.78. The van der Waals surface area contributed by atoms with Crippen molar-refractivity contribution in [3.8, 4) is 0 Å². The van der Waals surface area contributed by atoms with Crippen molar-refractivity contribution in [1.82, 2.24) is 10.3 Å². The molecule has 0 saturated heterocycles. The maximum absolute atomic E-state index is 13.1. The van der Waals surface area contributed by atoms with Gasteiger partial charge >= 0.3 is 6.18 Å². The van der Waals surface area contributed by atoms with Crippen LogP contribution in [0.4, 0.5) is 13.2 Å². The highest BCUT2D eigenvalue weighted by Gasteiger charge is 2.35. The normalized spacial score (nSPS) is 18.0. The van der Waals surface area contributed by atoms with Gasteiger partial charge in [0.15, 0.2) is 6.23 Å². The van der Waals surface area contributed by atoms with Crippen LogP contribution in [0.5, 0.6) is 0 Å². The van der Waals surface area contributed by atoms with Crippen LogP contribution >= 0.6 is 0 Å². The number of nitrogens with zero attached hydrogens (tertiary/aromatic N) is 2. The standard InChI is InChI=1S/C16H12F3N3O/c17-16(18,19)11-6-2-1-5-10(11)15-21-13(9-14(23)22-15)12-7-3-4-8-20-12/h1-9,14,23H,(H,21,22). The number of benzene rings is 1. The van der Waals surface area contributed by atoms with E-state index in [1.165, 1.54) is 24.3 Å². The van der Waals surface area contributed by atoms with Crippen LogP contribution in [0.1, 0.15) is 16.8 Å². The van der Waals surface area contributed by atoms with Gasteiger partial charge in [-0.2, -0.15) is 13.2 Å². The summed E-state index contributed by atoms with van der Waals surface area (Å²) in [6, 6.07) is 10.2. The largest absolute Gasteiger partial charge is 0.417 e. The molecule has 4 nitrogen and oxygen atoms in total. The Morgan fingerprint density at radius 1 is 1.04 bits per heavy atom. The van der Waals surface area contributed by atoms with Crippen molar-refractivity contribution < 1.29 is 18.3 Å². The maximum Gasteiger partial charge on any atom is 0.417 e. The zero-order chi connectivity index (χ0) is 16.4. The lowest BCUT2D eigenvalue weighted by Crippen LogP contribution is -2.31. The minimum Gasteiger partial charge on any atom is -0.368 e. The number of amidine groups is 1. The van der Waals surface area contributed by atoms with Crippen molar-refractivity contribution in [2.45, 2.75) is 12.4 Å². The smallest absolute Gasteiger partial charge is 0.368 e. The molecule has 1 aromatic heterocycles. The van der Waals surface area contributed by atoms with Gasteiger partial charge in [-0.05, 0) is 24.3 Å². The molecule has 2 heterocycles. The van der Waals surface area contributed by atoms with Gasteiger partial charge in [0, 0.05) is 11.8 Å². The Balaban J connectivity index is 2.00. The molecule has 1 aliphatic heterocycles. The third-order valence-corrected chi connectivity index (χ3v) is 3.26. The fourth-order valence-electron chi connectivity index (χ4n) is 2.27. The van der Waals surface area contributed by atoms with E-state index in [4.69, 9.17) is 0 Å². The highest BCUT2D eigenvalue weighted by molar-refractivity contribution is 6.05. The van der Waals surface area contributed by atoms with Crippen LogP contribution < -0.4 is 5.32 Å². The number of alkyl halides is 3. The van der Waals surface area contributed by atoms with Gasteiger partial charge in [0.25, 0.3) is 0 Å². The summed E-state index contributed by atoms with van der Waals surface area (Å²) < 4.78 is 39.4. The quantitative estimate of drug-likeness (QED) is 0.895. The molecule has 0 spiro atoms. The van der Waals surface area contributed by atoms with Crippen molar-refractivity contribution in [3.63, 3.8) is 0 Å². The van der Waals surface area contributed by atoms with Crippen molar-refractivity contribution in [2.75, 3.05) is 0 Å². The summed E-state index contributed by atoms with van der Waals surface area (Å²) in [5, 5.41) is 12.7. The average molecular weight is 319 g/mol. The Kier molecular flexibility index (Phi) is 3.87. The van der Waals surface area contributed by atoms with Crippen LogP contribution in [0.15, 0.2) is 59.7 Å². The zero-order valence-electron chi connectivity index (χ0n) is 11.7. The number of hydrogen-bond donors (Lipinski definition) is 2. The topological polar surface area (TPSA) is 57.5 Å².